The summed E-state index contributed by atoms with van der Waals surface area (Å²) in [7, 11) is 0. The van der Waals surface area contributed by atoms with E-state index in [1.54, 1.807) is 13.8 Å². The Morgan fingerprint density at radius 3 is 1.64 bits per heavy atom. The molecule has 0 amide bonds. The average molecular weight is 204 g/mol. The molecule has 0 spiro atoms. The molecule has 1 unspecified atom stereocenters. The third-order valence-corrected chi connectivity index (χ3v) is 1.46. The molecule has 0 aromatic heterocycles. The molecule has 86 valence electrons. The van der Waals surface area contributed by atoms with Crippen LogP contribution >= 0.6 is 0 Å². The van der Waals surface area contributed by atoms with E-state index in [0.29, 0.717) is 6.42 Å². The fourth-order valence-electron chi connectivity index (χ4n) is 0.640. The van der Waals surface area contributed by atoms with E-state index in [0.717, 1.165) is 12.8 Å². The fraction of sp³-hybridized carbons (Fsp3) is 0.818. The second kappa shape index (κ2) is 12.3. The molecule has 0 aliphatic heterocycles. The summed E-state index contributed by atoms with van der Waals surface area (Å²) in [5.74, 6) is 0.139. The molecule has 1 N–H and O–H groups in total. The molecule has 0 radical (unpaired) electrons. The van der Waals surface area contributed by atoms with E-state index in [9.17, 15) is 9.59 Å². The van der Waals surface area contributed by atoms with Gasteiger partial charge in [-0.2, -0.15) is 0 Å². The first-order valence-electron chi connectivity index (χ1n) is 4.63. The molecule has 0 bridgehead atoms. The standard InChI is InChI=1S/C5H10O2.C5H10O.CH4/c1-3-5(7)4(2)6;1-3-4-5(2)6;/h5,7H,3H2,1-2H3;3-4H2,1-2H3;1H4. The van der Waals surface area contributed by atoms with Crippen LogP contribution in [0.15, 0.2) is 0 Å². The van der Waals surface area contributed by atoms with E-state index < -0.39 is 6.10 Å². The SMILES string of the molecule is C.CCC(O)C(C)=O.CCCC(C)=O. The molecule has 0 fully saturated rings. The Morgan fingerprint density at radius 2 is 1.64 bits per heavy atom. The minimum atomic E-state index is -0.736. The first-order chi connectivity index (χ1) is 5.95. The van der Waals surface area contributed by atoms with E-state index >= 15 is 0 Å². The van der Waals surface area contributed by atoms with Crippen LogP contribution in [-0.4, -0.2) is 22.8 Å². The van der Waals surface area contributed by atoms with E-state index in [2.05, 4.69) is 0 Å². The van der Waals surface area contributed by atoms with E-state index in [1.807, 2.05) is 6.92 Å². The van der Waals surface area contributed by atoms with Crippen molar-refractivity contribution >= 4 is 11.6 Å². The van der Waals surface area contributed by atoms with Crippen LogP contribution in [0.1, 0.15) is 54.4 Å². The van der Waals surface area contributed by atoms with Crippen molar-refractivity contribution in [1.29, 1.82) is 0 Å². The van der Waals surface area contributed by atoms with Crippen molar-refractivity contribution in [3.8, 4) is 0 Å². The Labute approximate surface area is 87.5 Å². The van der Waals surface area contributed by atoms with Gasteiger partial charge in [0, 0.05) is 6.42 Å². The predicted octanol–water partition coefficient (Wildman–Crippen LogP) is 2.36. The summed E-state index contributed by atoms with van der Waals surface area (Å²) in [6.07, 6.45) is 1.50. The summed E-state index contributed by atoms with van der Waals surface area (Å²) in [5.41, 5.74) is 0. The van der Waals surface area contributed by atoms with Gasteiger partial charge in [0.25, 0.3) is 0 Å². The summed E-state index contributed by atoms with van der Waals surface area (Å²) in [6, 6.07) is 0. The summed E-state index contributed by atoms with van der Waals surface area (Å²) in [4.78, 5) is 20.2. The molecule has 0 aliphatic carbocycles. The van der Waals surface area contributed by atoms with Gasteiger partial charge in [0.1, 0.15) is 11.9 Å². The molecule has 1 atom stereocenters. The molecule has 0 rings (SSSR count). The molecule has 0 saturated heterocycles. The highest BCUT2D eigenvalue weighted by Gasteiger charge is 2.03. The van der Waals surface area contributed by atoms with Crippen LogP contribution in [0.3, 0.4) is 0 Å². The van der Waals surface area contributed by atoms with Crippen LogP contribution in [-0.2, 0) is 9.59 Å². The van der Waals surface area contributed by atoms with E-state index in [4.69, 9.17) is 5.11 Å². The third-order valence-electron chi connectivity index (χ3n) is 1.46. The number of aliphatic hydroxyl groups excluding tert-OH is 1. The van der Waals surface area contributed by atoms with Gasteiger partial charge in [-0.15, -0.1) is 0 Å². The second-order valence-corrected chi connectivity index (χ2v) is 2.99. The van der Waals surface area contributed by atoms with E-state index in [-0.39, 0.29) is 19.0 Å². The summed E-state index contributed by atoms with van der Waals surface area (Å²) in [6.45, 7) is 6.77. The zero-order chi connectivity index (χ0) is 10.9. The van der Waals surface area contributed by atoms with Crippen molar-refractivity contribution in [2.75, 3.05) is 0 Å². The minimum absolute atomic E-state index is 0. The largest absolute Gasteiger partial charge is 0.385 e. The molecule has 3 heteroatoms. The Morgan fingerprint density at radius 1 is 1.21 bits per heavy atom. The first kappa shape index (κ1) is 19.0. The lowest BCUT2D eigenvalue weighted by atomic mass is 10.2. The Balaban J connectivity index is -0.000000163. The van der Waals surface area contributed by atoms with Crippen molar-refractivity contribution in [3.63, 3.8) is 0 Å². The predicted molar refractivity (Wildman–Crippen MR) is 59.3 cm³/mol. The maximum atomic E-state index is 10.1. The number of carbonyl (C=O) groups is 2. The van der Waals surface area contributed by atoms with Gasteiger partial charge in [0.15, 0.2) is 5.78 Å². The van der Waals surface area contributed by atoms with E-state index in [1.165, 1.54) is 6.92 Å². The molecule has 0 saturated carbocycles. The number of aliphatic hydroxyl groups is 1. The van der Waals surface area contributed by atoms with Crippen LogP contribution in [0.5, 0.6) is 0 Å². The maximum Gasteiger partial charge on any atom is 0.158 e. The molecular formula is C11H24O3. The van der Waals surface area contributed by atoms with Gasteiger partial charge in [-0.3, -0.25) is 4.79 Å². The van der Waals surface area contributed by atoms with Gasteiger partial charge in [-0.1, -0.05) is 21.3 Å². The highest BCUT2D eigenvalue weighted by Crippen LogP contribution is 1.88. The monoisotopic (exact) mass is 204 g/mol. The van der Waals surface area contributed by atoms with Gasteiger partial charge in [0.2, 0.25) is 0 Å². The normalized spacial score (nSPS) is 10.4. The van der Waals surface area contributed by atoms with Crippen molar-refractivity contribution < 1.29 is 14.7 Å². The molecule has 3 nitrogen and oxygen atoms in total. The van der Waals surface area contributed by atoms with Crippen LogP contribution in [0, 0.1) is 0 Å². The first-order valence-corrected chi connectivity index (χ1v) is 4.63. The fourth-order valence-corrected chi connectivity index (χ4v) is 0.640. The number of hydrogen-bond donors (Lipinski definition) is 1. The molecule has 0 aromatic rings. The smallest absolute Gasteiger partial charge is 0.158 e. The number of hydrogen-bond acceptors (Lipinski definition) is 3. The highest BCUT2D eigenvalue weighted by molar-refractivity contribution is 5.79. The van der Waals surface area contributed by atoms with Crippen molar-refractivity contribution in [3.05, 3.63) is 0 Å². The second-order valence-electron chi connectivity index (χ2n) is 2.99. The van der Waals surface area contributed by atoms with Crippen LogP contribution in [0.2, 0.25) is 0 Å². The van der Waals surface area contributed by atoms with Gasteiger partial charge >= 0.3 is 0 Å². The lowest BCUT2D eigenvalue weighted by Gasteiger charge is -1.97. The number of Topliss-reactive ketones (excluding diaryl/α,β-unsaturated/α-hetero) is 2. The van der Waals surface area contributed by atoms with Crippen LogP contribution in [0.25, 0.3) is 0 Å². The molecular weight excluding hydrogens is 180 g/mol. The van der Waals surface area contributed by atoms with Crippen molar-refractivity contribution in [1.82, 2.24) is 0 Å². The van der Waals surface area contributed by atoms with Crippen LogP contribution < -0.4 is 0 Å². The third kappa shape index (κ3) is 17.4. The molecule has 0 heterocycles. The van der Waals surface area contributed by atoms with Crippen molar-refractivity contribution in [2.24, 2.45) is 0 Å². The summed E-state index contributed by atoms with van der Waals surface area (Å²) < 4.78 is 0. The Kier molecular flexibility index (Phi) is 16.7. The van der Waals surface area contributed by atoms with Gasteiger partial charge in [-0.05, 0) is 26.7 Å². The Bertz CT molecular complexity index is 153. The van der Waals surface area contributed by atoms with Gasteiger partial charge in [-0.25, -0.2) is 0 Å². The highest BCUT2D eigenvalue weighted by atomic mass is 16.3. The summed E-state index contributed by atoms with van der Waals surface area (Å²) in [5, 5.41) is 8.59. The summed E-state index contributed by atoms with van der Waals surface area (Å²) >= 11 is 0. The topological polar surface area (TPSA) is 54.4 Å². The van der Waals surface area contributed by atoms with Gasteiger partial charge < -0.3 is 9.90 Å². The minimum Gasteiger partial charge on any atom is -0.385 e. The molecule has 0 aliphatic rings. The molecule has 0 aromatic carbocycles. The van der Waals surface area contributed by atoms with Gasteiger partial charge in [0.05, 0.1) is 0 Å². The van der Waals surface area contributed by atoms with Crippen LogP contribution in [0.4, 0.5) is 0 Å². The number of carbonyl (C=O) groups excluding carboxylic acids is 2. The average Bonchev–Trinajstić information content (AvgIpc) is 2.03. The maximum absolute atomic E-state index is 10.1. The lowest BCUT2D eigenvalue weighted by Crippen LogP contribution is -2.14. The number of rotatable bonds is 4. The quantitative estimate of drug-likeness (QED) is 0.764. The zero-order valence-electron chi connectivity index (χ0n) is 8.96. The lowest BCUT2D eigenvalue weighted by molar-refractivity contribution is -0.125. The molecule has 14 heavy (non-hydrogen) atoms. The van der Waals surface area contributed by atoms with Crippen molar-refractivity contribution in [2.45, 2.75) is 60.5 Å². The number of ketones is 2. The zero-order valence-corrected chi connectivity index (χ0v) is 8.96. The Hall–Kier alpha value is -0.700.